The average Bonchev–Trinajstić information content (AvgIpc) is 3.39. The van der Waals surface area contributed by atoms with E-state index in [-0.39, 0.29) is 5.88 Å². The molecule has 3 heterocycles. The Morgan fingerprint density at radius 3 is 2.93 bits per heavy atom. The molecule has 0 spiro atoms. The van der Waals surface area contributed by atoms with Crippen LogP contribution in [0.15, 0.2) is 64.6 Å². The van der Waals surface area contributed by atoms with Gasteiger partial charge in [0.25, 0.3) is 0 Å². The molecule has 4 aromatic rings. The van der Waals surface area contributed by atoms with E-state index in [1.165, 1.54) is 0 Å². The number of para-hydroxylation sites is 2. The number of nitrogens with zero attached hydrogens (tertiary/aromatic N) is 4. The Labute approximate surface area is 158 Å². The molecule has 0 amide bonds. The van der Waals surface area contributed by atoms with Crippen LogP contribution in [-0.4, -0.2) is 15.1 Å². The number of nitrogens with one attached hydrogen (secondary N) is 1. The van der Waals surface area contributed by atoms with E-state index in [9.17, 15) is 5.26 Å². The van der Waals surface area contributed by atoms with Gasteiger partial charge >= 0.3 is 0 Å². The second kappa shape index (κ2) is 7.68. The summed E-state index contributed by atoms with van der Waals surface area (Å²) in [5, 5.41) is 18.4. The number of anilines is 1. The Morgan fingerprint density at radius 1 is 1.15 bits per heavy atom. The van der Waals surface area contributed by atoms with Crippen LogP contribution >= 0.6 is 11.3 Å². The molecule has 8 heteroatoms. The van der Waals surface area contributed by atoms with Crippen LogP contribution in [0.2, 0.25) is 0 Å². The highest BCUT2D eigenvalue weighted by Crippen LogP contribution is 2.30. The Morgan fingerprint density at radius 2 is 2.07 bits per heavy atom. The predicted molar refractivity (Wildman–Crippen MR) is 100 cm³/mol. The summed E-state index contributed by atoms with van der Waals surface area (Å²) in [6, 6.07) is 16.7. The van der Waals surface area contributed by atoms with Crippen molar-refractivity contribution in [2.24, 2.45) is 0 Å². The monoisotopic (exact) mass is 375 g/mol. The number of pyridine rings is 1. The van der Waals surface area contributed by atoms with Gasteiger partial charge < -0.3 is 14.6 Å². The van der Waals surface area contributed by atoms with Crippen LogP contribution in [0.25, 0.3) is 10.7 Å². The minimum absolute atomic E-state index is 0.257. The van der Waals surface area contributed by atoms with Crippen LogP contribution in [0.4, 0.5) is 5.69 Å². The fourth-order valence-electron chi connectivity index (χ4n) is 2.37. The first-order valence-electron chi connectivity index (χ1n) is 8.06. The molecule has 3 aromatic heterocycles. The minimum Gasteiger partial charge on any atom is -0.436 e. The van der Waals surface area contributed by atoms with Crippen LogP contribution in [-0.2, 0) is 6.54 Å². The van der Waals surface area contributed by atoms with Crippen molar-refractivity contribution in [2.75, 3.05) is 5.32 Å². The lowest BCUT2D eigenvalue weighted by Gasteiger charge is -2.11. The molecule has 0 bridgehead atoms. The molecule has 7 nitrogen and oxygen atoms in total. The second-order valence-corrected chi connectivity index (χ2v) is 6.36. The molecule has 1 aromatic carbocycles. The van der Waals surface area contributed by atoms with E-state index in [0.29, 0.717) is 29.6 Å². The maximum Gasteiger partial charge on any atom is 0.246 e. The van der Waals surface area contributed by atoms with E-state index in [1.54, 1.807) is 35.7 Å². The normalized spacial score (nSPS) is 10.3. The third-order valence-corrected chi connectivity index (χ3v) is 4.49. The van der Waals surface area contributed by atoms with Gasteiger partial charge in [0.1, 0.15) is 11.6 Å². The summed E-state index contributed by atoms with van der Waals surface area (Å²) in [6.07, 6.45) is 1.58. The summed E-state index contributed by atoms with van der Waals surface area (Å²) in [4.78, 5) is 9.46. The molecular formula is C19H13N5O2S. The number of hydrogen-bond acceptors (Lipinski definition) is 8. The fourth-order valence-corrected chi connectivity index (χ4v) is 3.02. The molecule has 0 atom stereocenters. The van der Waals surface area contributed by atoms with Crippen LogP contribution in [0, 0.1) is 11.3 Å². The number of ether oxygens (including phenoxy) is 1. The Balaban J connectivity index is 1.50. The molecule has 132 valence electrons. The van der Waals surface area contributed by atoms with Crippen molar-refractivity contribution in [3.05, 3.63) is 71.6 Å². The second-order valence-electron chi connectivity index (χ2n) is 5.41. The zero-order valence-electron chi connectivity index (χ0n) is 14.0. The molecule has 1 N–H and O–H groups in total. The summed E-state index contributed by atoms with van der Waals surface area (Å²) in [5.74, 6) is 1.83. The van der Waals surface area contributed by atoms with Gasteiger partial charge in [0.2, 0.25) is 17.6 Å². The van der Waals surface area contributed by atoms with Gasteiger partial charge in [-0.3, -0.25) is 0 Å². The van der Waals surface area contributed by atoms with Crippen molar-refractivity contribution in [2.45, 2.75) is 6.54 Å². The molecule has 0 aliphatic carbocycles. The van der Waals surface area contributed by atoms with Crippen LogP contribution < -0.4 is 10.1 Å². The zero-order chi connectivity index (χ0) is 18.5. The molecule has 0 aliphatic rings. The van der Waals surface area contributed by atoms with Crippen molar-refractivity contribution in [3.63, 3.8) is 0 Å². The van der Waals surface area contributed by atoms with E-state index >= 15 is 0 Å². The molecule has 0 unspecified atom stereocenters. The topological polar surface area (TPSA) is 96.9 Å². The fraction of sp³-hybridized carbons (Fsp3) is 0.0526. The van der Waals surface area contributed by atoms with E-state index in [2.05, 4.69) is 26.5 Å². The zero-order valence-corrected chi connectivity index (χ0v) is 14.8. The highest BCUT2D eigenvalue weighted by molar-refractivity contribution is 7.13. The van der Waals surface area contributed by atoms with Gasteiger partial charge in [-0.1, -0.05) is 23.4 Å². The van der Waals surface area contributed by atoms with Crippen molar-refractivity contribution in [1.29, 1.82) is 5.26 Å². The molecule has 4 rings (SSSR count). The molecule has 0 radical (unpaired) electrons. The lowest BCUT2D eigenvalue weighted by molar-refractivity contribution is 0.384. The molecule has 0 saturated heterocycles. The van der Waals surface area contributed by atoms with Crippen LogP contribution in [0.5, 0.6) is 11.6 Å². The Hall–Kier alpha value is -3.70. The van der Waals surface area contributed by atoms with Gasteiger partial charge in [0.15, 0.2) is 5.75 Å². The van der Waals surface area contributed by atoms with Gasteiger partial charge in [-0.05, 0) is 35.7 Å². The minimum atomic E-state index is 0.257. The van der Waals surface area contributed by atoms with Gasteiger partial charge in [0, 0.05) is 6.20 Å². The van der Waals surface area contributed by atoms with E-state index in [1.807, 2.05) is 35.7 Å². The Kier molecular flexibility index (Phi) is 4.76. The third kappa shape index (κ3) is 3.78. The Bertz CT molecular complexity index is 1090. The number of aromatic nitrogens is 3. The van der Waals surface area contributed by atoms with E-state index < -0.39 is 0 Å². The van der Waals surface area contributed by atoms with Crippen molar-refractivity contribution < 1.29 is 9.26 Å². The molecule has 27 heavy (non-hydrogen) atoms. The standard InChI is InChI=1S/C19H13N5O2S/c20-11-13-5-3-9-21-19(13)25-15-7-2-1-6-14(15)22-12-17-23-18(24-26-17)16-8-4-10-27-16/h1-10,22H,12H2. The summed E-state index contributed by atoms with van der Waals surface area (Å²) in [6.45, 7) is 0.339. The third-order valence-electron chi connectivity index (χ3n) is 3.63. The summed E-state index contributed by atoms with van der Waals surface area (Å²) in [7, 11) is 0. The number of nitriles is 1. The van der Waals surface area contributed by atoms with Crippen LogP contribution in [0.3, 0.4) is 0 Å². The highest BCUT2D eigenvalue weighted by atomic mass is 32.1. The highest BCUT2D eigenvalue weighted by Gasteiger charge is 2.12. The van der Waals surface area contributed by atoms with Crippen LogP contribution in [0.1, 0.15) is 11.5 Å². The van der Waals surface area contributed by atoms with Gasteiger partial charge in [0.05, 0.1) is 17.1 Å². The maximum atomic E-state index is 9.19. The average molecular weight is 375 g/mol. The van der Waals surface area contributed by atoms with Crippen molar-refractivity contribution in [3.8, 4) is 28.4 Å². The van der Waals surface area contributed by atoms with E-state index in [0.717, 1.165) is 10.6 Å². The lowest BCUT2D eigenvalue weighted by atomic mass is 10.2. The predicted octanol–water partition coefficient (Wildman–Crippen LogP) is 4.47. The molecule has 0 saturated carbocycles. The van der Waals surface area contributed by atoms with Gasteiger partial charge in [-0.2, -0.15) is 10.2 Å². The summed E-state index contributed by atoms with van der Waals surface area (Å²) >= 11 is 1.55. The smallest absolute Gasteiger partial charge is 0.246 e. The maximum absolute atomic E-state index is 9.19. The number of rotatable bonds is 6. The molecule has 0 aliphatic heterocycles. The number of hydrogen-bond donors (Lipinski definition) is 1. The largest absolute Gasteiger partial charge is 0.436 e. The summed E-state index contributed by atoms with van der Waals surface area (Å²) in [5.41, 5.74) is 1.09. The van der Waals surface area contributed by atoms with E-state index in [4.69, 9.17) is 9.26 Å². The number of thiophene rings is 1. The molecule has 0 fully saturated rings. The first-order valence-corrected chi connectivity index (χ1v) is 8.94. The van der Waals surface area contributed by atoms with Gasteiger partial charge in [-0.25, -0.2) is 4.98 Å². The molecular weight excluding hydrogens is 362 g/mol. The SMILES string of the molecule is N#Cc1cccnc1Oc1ccccc1NCc1nc(-c2cccs2)no1. The first kappa shape index (κ1) is 16.8. The number of benzene rings is 1. The first-order chi connectivity index (χ1) is 13.3. The van der Waals surface area contributed by atoms with Gasteiger partial charge in [-0.15, -0.1) is 11.3 Å². The quantitative estimate of drug-likeness (QED) is 0.531. The summed E-state index contributed by atoms with van der Waals surface area (Å²) < 4.78 is 11.1. The van der Waals surface area contributed by atoms with Crippen molar-refractivity contribution in [1.82, 2.24) is 15.1 Å². The lowest BCUT2D eigenvalue weighted by Crippen LogP contribution is -2.02. The van der Waals surface area contributed by atoms with Crippen molar-refractivity contribution >= 4 is 17.0 Å².